The maximum absolute atomic E-state index is 12.8. The van der Waals surface area contributed by atoms with Crippen LogP contribution in [0.25, 0.3) is 10.9 Å². The Balaban J connectivity index is 1.63. The molecule has 9 heteroatoms. The van der Waals surface area contributed by atoms with E-state index in [1.54, 1.807) is 18.2 Å². The Morgan fingerprint density at radius 1 is 1.07 bits per heavy atom. The Labute approximate surface area is 162 Å². The van der Waals surface area contributed by atoms with Gasteiger partial charge in [0.15, 0.2) is 6.61 Å². The maximum atomic E-state index is 12.8. The number of aromatic nitrogens is 1. The monoisotopic (exact) mass is 408 g/mol. The molecule has 0 unspecified atom stereocenters. The second kappa shape index (κ2) is 7.85. The largest absolute Gasteiger partial charge is 0.451 e. The number of nitrogens with one attached hydrogen (secondary N) is 1. The van der Waals surface area contributed by atoms with E-state index in [2.05, 4.69) is 10.3 Å². The molecule has 28 heavy (non-hydrogen) atoms. The van der Waals surface area contributed by atoms with Crippen molar-refractivity contribution in [2.45, 2.75) is 6.18 Å². The van der Waals surface area contributed by atoms with Crippen LogP contribution in [0.1, 0.15) is 16.1 Å². The molecule has 0 bridgehead atoms. The molecule has 0 aliphatic heterocycles. The van der Waals surface area contributed by atoms with Gasteiger partial charge in [0.2, 0.25) is 0 Å². The van der Waals surface area contributed by atoms with E-state index in [4.69, 9.17) is 16.3 Å². The summed E-state index contributed by atoms with van der Waals surface area (Å²) in [5.74, 6) is -1.63. The van der Waals surface area contributed by atoms with Crippen LogP contribution in [-0.4, -0.2) is 23.5 Å². The highest BCUT2D eigenvalue weighted by molar-refractivity contribution is 6.31. The standard InChI is InChI=1S/C19H12ClF3N2O3/c20-14-7-6-12(9-13(14)19(21,22)23)24-17(26)10-28-18(27)16-8-5-11-3-1-2-4-15(11)25-16/h1-9H,10H2,(H,24,26). The summed E-state index contributed by atoms with van der Waals surface area (Å²) in [6.45, 7) is -0.683. The van der Waals surface area contributed by atoms with Crippen molar-refractivity contribution in [1.82, 2.24) is 4.98 Å². The molecule has 3 aromatic rings. The van der Waals surface area contributed by atoms with Gasteiger partial charge in [0.05, 0.1) is 16.1 Å². The van der Waals surface area contributed by atoms with E-state index in [1.807, 2.05) is 12.1 Å². The van der Waals surface area contributed by atoms with Crippen LogP contribution in [0.15, 0.2) is 54.6 Å². The van der Waals surface area contributed by atoms with Crippen LogP contribution in [0.4, 0.5) is 18.9 Å². The minimum absolute atomic E-state index is 0.0114. The topological polar surface area (TPSA) is 68.3 Å². The number of alkyl halides is 3. The van der Waals surface area contributed by atoms with Crippen molar-refractivity contribution in [2.75, 3.05) is 11.9 Å². The van der Waals surface area contributed by atoms with Crippen molar-refractivity contribution in [2.24, 2.45) is 0 Å². The van der Waals surface area contributed by atoms with Crippen LogP contribution in [0.2, 0.25) is 5.02 Å². The van der Waals surface area contributed by atoms with E-state index in [9.17, 15) is 22.8 Å². The second-order valence-corrected chi connectivity index (χ2v) is 6.11. The maximum Gasteiger partial charge on any atom is 0.417 e. The third-order valence-electron chi connectivity index (χ3n) is 3.70. The molecule has 1 aromatic heterocycles. The first-order valence-corrected chi connectivity index (χ1v) is 8.31. The first-order valence-electron chi connectivity index (χ1n) is 7.93. The number of carbonyl (C=O) groups is 2. The lowest BCUT2D eigenvalue weighted by atomic mass is 10.2. The average Bonchev–Trinajstić information content (AvgIpc) is 2.66. The summed E-state index contributed by atoms with van der Waals surface area (Å²) in [4.78, 5) is 28.1. The van der Waals surface area contributed by atoms with Crippen LogP contribution in [0, 0.1) is 0 Å². The van der Waals surface area contributed by atoms with Gasteiger partial charge in [-0.15, -0.1) is 0 Å². The van der Waals surface area contributed by atoms with Crippen molar-refractivity contribution in [3.8, 4) is 0 Å². The van der Waals surface area contributed by atoms with Crippen LogP contribution in [0.5, 0.6) is 0 Å². The smallest absolute Gasteiger partial charge is 0.417 e. The zero-order valence-electron chi connectivity index (χ0n) is 14.1. The highest BCUT2D eigenvalue weighted by Crippen LogP contribution is 2.36. The third kappa shape index (κ3) is 4.58. The molecular formula is C19H12ClF3N2O3. The molecule has 1 amide bonds. The minimum atomic E-state index is -4.66. The SMILES string of the molecule is O=C(COC(=O)c1ccc2ccccc2n1)Nc1ccc(Cl)c(C(F)(F)F)c1. The number of halogens is 4. The minimum Gasteiger partial charge on any atom is -0.451 e. The molecule has 0 saturated carbocycles. The summed E-state index contributed by atoms with van der Waals surface area (Å²) in [6, 6.07) is 13.2. The van der Waals surface area contributed by atoms with Gasteiger partial charge >= 0.3 is 12.1 Å². The fourth-order valence-corrected chi connectivity index (χ4v) is 2.63. The molecule has 0 saturated heterocycles. The number of para-hydroxylation sites is 1. The fraction of sp³-hybridized carbons (Fsp3) is 0.105. The molecule has 5 nitrogen and oxygen atoms in total. The van der Waals surface area contributed by atoms with E-state index in [0.717, 1.165) is 11.5 Å². The molecule has 1 heterocycles. The zero-order chi connectivity index (χ0) is 20.3. The van der Waals surface area contributed by atoms with Gasteiger partial charge in [0, 0.05) is 11.1 Å². The van der Waals surface area contributed by atoms with Crippen molar-refractivity contribution in [3.05, 3.63) is 70.9 Å². The van der Waals surface area contributed by atoms with E-state index in [1.165, 1.54) is 12.1 Å². The molecular weight excluding hydrogens is 397 g/mol. The molecule has 0 spiro atoms. The summed E-state index contributed by atoms with van der Waals surface area (Å²) in [5.41, 5.74) is -0.606. The number of ether oxygens (including phenoxy) is 1. The van der Waals surface area contributed by atoms with Gasteiger partial charge in [0.1, 0.15) is 5.69 Å². The number of pyridine rings is 1. The Hall–Kier alpha value is -3.13. The first kappa shape index (κ1) is 19.6. The summed E-state index contributed by atoms with van der Waals surface area (Å²) < 4.78 is 43.4. The van der Waals surface area contributed by atoms with Gasteiger partial charge < -0.3 is 10.1 Å². The van der Waals surface area contributed by atoms with E-state index in [-0.39, 0.29) is 11.4 Å². The Kier molecular flexibility index (Phi) is 5.51. The van der Waals surface area contributed by atoms with E-state index < -0.39 is 35.2 Å². The van der Waals surface area contributed by atoms with Crippen molar-refractivity contribution >= 4 is 40.1 Å². The molecule has 0 aliphatic carbocycles. The lowest BCUT2D eigenvalue weighted by Crippen LogP contribution is -2.21. The highest BCUT2D eigenvalue weighted by Gasteiger charge is 2.33. The number of esters is 1. The van der Waals surface area contributed by atoms with Gasteiger partial charge in [-0.1, -0.05) is 35.9 Å². The lowest BCUT2D eigenvalue weighted by Gasteiger charge is -2.12. The number of carbonyl (C=O) groups excluding carboxylic acids is 2. The molecule has 144 valence electrons. The number of benzene rings is 2. The Bertz CT molecular complexity index is 1050. The number of fused-ring (bicyclic) bond motifs is 1. The molecule has 3 rings (SSSR count). The molecule has 1 N–H and O–H groups in total. The number of hydrogen-bond acceptors (Lipinski definition) is 4. The van der Waals surface area contributed by atoms with E-state index in [0.29, 0.717) is 11.6 Å². The van der Waals surface area contributed by atoms with Gasteiger partial charge in [0.25, 0.3) is 5.91 Å². The molecule has 0 radical (unpaired) electrons. The van der Waals surface area contributed by atoms with Gasteiger partial charge in [-0.3, -0.25) is 4.79 Å². The number of rotatable bonds is 4. The number of hydrogen-bond donors (Lipinski definition) is 1. The molecule has 2 aromatic carbocycles. The van der Waals surface area contributed by atoms with Crippen molar-refractivity contribution in [3.63, 3.8) is 0 Å². The predicted molar refractivity (Wildman–Crippen MR) is 97.1 cm³/mol. The van der Waals surface area contributed by atoms with Crippen molar-refractivity contribution < 1.29 is 27.5 Å². The highest BCUT2D eigenvalue weighted by atomic mass is 35.5. The summed E-state index contributed by atoms with van der Waals surface area (Å²) >= 11 is 5.52. The Morgan fingerprint density at radius 3 is 2.57 bits per heavy atom. The van der Waals surface area contributed by atoms with Crippen LogP contribution >= 0.6 is 11.6 Å². The number of anilines is 1. The molecule has 0 atom stereocenters. The summed E-state index contributed by atoms with van der Waals surface area (Å²) in [7, 11) is 0. The normalized spacial score (nSPS) is 11.3. The van der Waals surface area contributed by atoms with Crippen molar-refractivity contribution in [1.29, 1.82) is 0 Å². The zero-order valence-corrected chi connectivity index (χ0v) is 14.8. The van der Waals surface area contributed by atoms with Gasteiger partial charge in [-0.05, 0) is 30.3 Å². The van der Waals surface area contributed by atoms with Gasteiger partial charge in [-0.2, -0.15) is 13.2 Å². The van der Waals surface area contributed by atoms with Crippen LogP contribution in [0.3, 0.4) is 0 Å². The quantitative estimate of drug-likeness (QED) is 0.635. The summed E-state index contributed by atoms with van der Waals surface area (Å²) in [6.07, 6.45) is -4.66. The average molecular weight is 409 g/mol. The fourth-order valence-electron chi connectivity index (χ4n) is 2.40. The second-order valence-electron chi connectivity index (χ2n) is 5.71. The first-order chi connectivity index (χ1) is 13.2. The molecule has 0 fully saturated rings. The van der Waals surface area contributed by atoms with E-state index >= 15 is 0 Å². The number of nitrogens with zero attached hydrogens (tertiary/aromatic N) is 1. The summed E-state index contributed by atoms with van der Waals surface area (Å²) in [5, 5.41) is 2.57. The lowest BCUT2D eigenvalue weighted by molar-refractivity contribution is -0.137. The van der Waals surface area contributed by atoms with Crippen LogP contribution < -0.4 is 5.32 Å². The number of amides is 1. The van der Waals surface area contributed by atoms with Gasteiger partial charge in [-0.25, -0.2) is 9.78 Å². The third-order valence-corrected chi connectivity index (χ3v) is 4.03. The predicted octanol–water partition coefficient (Wildman–Crippen LogP) is 4.70. The Morgan fingerprint density at radius 2 is 1.82 bits per heavy atom. The van der Waals surface area contributed by atoms with Crippen LogP contribution in [-0.2, 0) is 15.7 Å². The molecule has 0 aliphatic rings.